The highest BCUT2D eigenvalue weighted by molar-refractivity contribution is 9.10. The van der Waals surface area contributed by atoms with Crippen LogP contribution in [0.1, 0.15) is 0 Å². The molecule has 2 aliphatic rings. The van der Waals surface area contributed by atoms with Gasteiger partial charge in [-0.1, -0.05) is 86.6 Å². The molecule has 4 heterocycles. The van der Waals surface area contributed by atoms with Crippen LogP contribution >= 0.6 is 85.0 Å². The average Bonchev–Trinajstić information content (AvgIpc) is 3.92. The number of thiazole rings is 2. The highest BCUT2D eigenvalue weighted by Crippen LogP contribution is 2.33. The summed E-state index contributed by atoms with van der Waals surface area (Å²) in [4.78, 5) is 13.9. The van der Waals surface area contributed by atoms with E-state index < -0.39 is 20.0 Å². The van der Waals surface area contributed by atoms with Gasteiger partial charge in [-0.2, -0.15) is 8.61 Å². The topological polar surface area (TPSA) is 116 Å². The molecule has 0 atom stereocenters. The first-order chi connectivity index (χ1) is 28.2. The summed E-state index contributed by atoms with van der Waals surface area (Å²) in [5.41, 5.74) is 3.81. The summed E-state index contributed by atoms with van der Waals surface area (Å²) in [6, 6.07) is 24.5. The van der Waals surface area contributed by atoms with Crippen LogP contribution < -0.4 is 14.5 Å². The molecule has 6 aromatic rings. The molecule has 0 amide bonds. The lowest BCUT2D eigenvalue weighted by molar-refractivity contribution is 0.384. The van der Waals surface area contributed by atoms with Crippen molar-refractivity contribution in [3.63, 3.8) is 0 Å². The molecule has 20 heteroatoms. The van der Waals surface area contributed by atoms with E-state index in [1.807, 2.05) is 59.3 Å². The number of piperazine rings is 2. The Balaban J connectivity index is 0.000000179. The molecule has 0 bridgehead atoms. The number of anilines is 2. The second-order valence-corrected chi connectivity index (χ2v) is 21.5. The quantitative estimate of drug-likeness (QED) is 0.140. The Labute approximate surface area is 379 Å². The van der Waals surface area contributed by atoms with E-state index in [4.69, 9.17) is 61.1 Å². The van der Waals surface area contributed by atoms with Gasteiger partial charge < -0.3 is 14.5 Å². The zero-order chi connectivity index (χ0) is 41.9. The molecule has 0 unspecified atom stereocenters. The number of nitrogens with zero attached hydrogens (tertiary/aromatic N) is 6. The number of hydrogen-bond donors (Lipinski definition) is 0. The molecular formula is C39H35BrCl4N6O5S4. The minimum Gasteiger partial charge on any atom is -0.497 e. The van der Waals surface area contributed by atoms with Crippen molar-refractivity contribution in [2.24, 2.45) is 0 Å². The number of hydrogen-bond acceptors (Lipinski definition) is 11. The highest BCUT2D eigenvalue weighted by atomic mass is 79.9. The van der Waals surface area contributed by atoms with Crippen LogP contribution in [-0.2, 0) is 20.0 Å². The van der Waals surface area contributed by atoms with Crippen LogP contribution in [-0.4, -0.2) is 94.9 Å². The first kappa shape index (κ1) is 44.1. The molecule has 2 aromatic heterocycles. The molecule has 2 saturated heterocycles. The van der Waals surface area contributed by atoms with Crippen LogP contribution in [0, 0.1) is 0 Å². The predicted octanol–water partition coefficient (Wildman–Crippen LogP) is 10.0. The van der Waals surface area contributed by atoms with Crippen molar-refractivity contribution < 1.29 is 21.6 Å². The van der Waals surface area contributed by atoms with Crippen molar-refractivity contribution >= 4 is 115 Å². The molecule has 0 saturated carbocycles. The SMILES string of the molecule is COc1cccc(-c2csc(N3CCN(S(=O)(=O)c4cc(Cl)cc(Cl)c4)CC3)n2)c1.O=S(=O)(c1cc(Cl)cc(Cl)c1)N1CCN(c2nc(-c3cccc(Br)c3)cs2)CC1. The Kier molecular flexibility index (Phi) is 14.2. The molecule has 8 rings (SSSR count). The van der Waals surface area contributed by atoms with Crippen LogP contribution in [0.3, 0.4) is 0 Å². The first-order valence-corrected chi connectivity index (χ1v) is 24.9. The molecule has 11 nitrogen and oxygen atoms in total. The second kappa shape index (κ2) is 18.9. The van der Waals surface area contributed by atoms with Gasteiger partial charge in [0.1, 0.15) is 5.75 Å². The number of rotatable bonds is 9. The summed E-state index contributed by atoms with van der Waals surface area (Å²) in [5, 5.41) is 6.99. The molecular weight excluding hydrogens is 982 g/mol. The summed E-state index contributed by atoms with van der Waals surface area (Å²) in [6.45, 7) is 3.72. The number of methoxy groups -OCH3 is 1. The van der Waals surface area contributed by atoms with E-state index in [-0.39, 0.29) is 9.79 Å². The monoisotopic (exact) mass is 1010 g/mol. The van der Waals surface area contributed by atoms with Crippen LogP contribution in [0.15, 0.2) is 110 Å². The van der Waals surface area contributed by atoms with Gasteiger partial charge in [0.2, 0.25) is 20.0 Å². The molecule has 0 radical (unpaired) electrons. The predicted molar refractivity (Wildman–Crippen MR) is 244 cm³/mol. The summed E-state index contributed by atoms with van der Waals surface area (Å²) in [6.07, 6.45) is 0. The fraction of sp³-hybridized carbons (Fsp3) is 0.231. The normalized spacial score (nSPS) is 15.5. The molecule has 0 spiro atoms. The number of sulfonamides is 2. The fourth-order valence-corrected chi connectivity index (χ4v) is 12.9. The van der Waals surface area contributed by atoms with E-state index in [2.05, 4.69) is 25.7 Å². The molecule has 2 aliphatic heterocycles. The van der Waals surface area contributed by atoms with Gasteiger partial charge in [-0.25, -0.2) is 26.8 Å². The number of halogens is 5. The fourth-order valence-electron chi connectivity index (χ4n) is 6.41. The Morgan fingerprint density at radius 3 is 1.39 bits per heavy atom. The van der Waals surface area contributed by atoms with Crippen LogP contribution in [0.5, 0.6) is 5.75 Å². The van der Waals surface area contributed by atoms with E-state index in [0.29, 0.717) is 72.4 Å². The third-order valence-electron chi connectivity index (χ3n) is 9.44. The van der Waals surface area contributed by atoms with Crippen molar-refractivity contribution in [1.82, 2.24) is 18.6 Å². The minimum absolute atomic E-state index is 0.114. The summed E-state index contributed by atoms with van der Waals surface area (Å²) < 4.78 is 61.0. The largest absolute Gasteiger partial charge is 0.497 e. The lowest BCUT2D eigenvalue weighted by Crippen LogP contribution is -2.48. The third-order valence-corrected chi connectivity index (χ3v) is 16.4. The van der Waals surface area contributed by atoms with Crippen LogP contribution in [0.4, 0.5) is 10.3 Å². The summed E-state index contributed by atoms with van der Waals surface area (Å²) in [7, 11) is -5.66. The van der Waals surface area contributed by atoms with Gasteiger partial charge in [-0.3, -0.25) is 0 Å². The molecule has 59 heavy (non-hydrogen) atoms. The Morgan fingerprint density at radius 1 is 0.576 bits per heavy atom. The Hall–Kier alpha value is -3.00. The molecule has 4 aromatic carbocycles. The highest BCUT2D eigenvalue weighted by Gasteiger charge is 2.31. The summed E-state index contributed by atoms with van der Waals surface area (Å²) in [5.74, 6) is 0.780. The van der Waals surface area contributed by atoms with Gasteiger partial charge >= 0.3 is 0 Å². The zero-order valence-electron chi connectivity index (χ0n) is 31.1. The van der Waals surface area contributed by atoms with Gasteiger partial charge in [-0.05, 0) is 60.7 Å². The van der Waals surface area contributed by atoms with Gasteiger partial charge in [-0.15, -0.1) is 22.7 Å². The maximum Gasteiger partial charge on any atom is 0.243 e. The van der Waals surface area contributed by atoms with Crippen molar-refractivity contribution in [3.8, 4) is 28.3 Å². The third kappa shape index (κ3) is 10.6. The van der Waals surface area contributed by atoms with E-state index in [0.717, 1.165) is 43.0 Å². The van der Waals surface area contributed by atoms with Crippen molar-refractivity contribution in [2.75, 3.05) is 69.3 Å². The number of benzene rings is 4. The molecule has 310 valence electrons. The standard InChI is InChI=1S/C20H19Cl2N3O3S2.C19H16BrCl2N3O2S2/c1-28-17-4-2-3-14(9-17)19-13-29-20(23-19)24-5-7-25(8-6-24)30(26,27)18-11-15(21)10-16(22)12-18;20-14-3-1-2-13(8-14)18-12-28-19(23-18)24-4-6-25(7-5-24)29(26,27)17-10-15(21)9-16(22)11-17/h2-4,9-13H,5-8H2,1H3;1-3,8-12H,4-7H2. The van der Waals surface area contributed by atoms with E-state index >= 15 is 0 Å². The van der Waals surface area contributed by atoms with Gasteiger partial charge in [0, 0.05) is 98.8 Å². The van der Waals surface area contributed by atoms with Crippen molar-refractivity contribution in [1.29, 1.82) is 0 Å². The van der Waals surface area contributed by atoms with E-state index in [1.54, 1.807) is 29.8 Å². The Bertz CT molecular complexity index is 2630. The maximum absolute atomic E-state index is 12.9. The smallest absolute Gasteiger partial charge is 0.243 e. The van der Waals surface area contributed by atoms with E-state index in [9.17, 15) is 16.8 Å². The van der Waals surface area contributed by atoms with Crippen LogP contribution in [0.2, 0.25) is 20.1 Å². The average molecular weight is 1020 g/mol. The van der Waals surface area contributed by atoms with Crippen LogP contribution in [0.25, 0.3) is 22.5 Å². The second-order valence-electron chi connectivity index (χ2n) is 13.3. The Morgan fingerprint density at radius 2 is 0.983 bits per heavy atom. The lowest BCUT2D eigenvalue weighted by atomic mass is 10.2. The molecule has 0 aliphatic carbocycles. The number of aromatic nitrogens is 2. The maximum atomic E-state index is 12.9. The van der Waals surface area contributed by atoms with Crippen molar-refractivity contribution in [2.45, 2.75) is 9.79 Å². The number of ether oxygens (including phenoxy) is 1. The first-order valence-electron chi connectivity index (χ1n) is 17.9. The minimum atomic E-state index is -3.65. The zero-order valence-corrected chi connectivity index (χ0v) is 39.0. The molecule has 0 N–H and O–H groups in total. The lowest BCUT2D eigenvalue weighted by Gasteiger charge is -2.33. The summed E-state index contributed by atoms with van der Waals surface area (Å²) >= 11 is 30.5. The van der Waals surface area contributed by atoms with Gasteiger partial charge in [0.05, 0.1) is 28.3 Å². The van der Waals surface area contributed by atoms with Crippen molar-refractivity contribution in [3.05, 3.63) is 120 Å². The van der Waals surface area contributed by atoms with E-state index in [1.165, 1.54) is 45.0 Å². The molecule has 2 fully saturated rings. The van der Waals surface area contributed by atoms with Gasteiger partial charge in [0.15, 0.2) is 10.3 Å². The van der Waals surface area contributed by atoms with Gasteiger partial charge in [0.25, 0.3) is 0 Å².